The number of carbonyl (C=O) groups excluding carboxylic acids is 1. The van der Waals surface area contributed by atoms with Gasteiger partial charge in [-0.15, -0.1) is 0 Å². The highest BCUT2D eigenvalue weighted by Gasteiger charge is 2.36. The Labute approximate surface area is 129 Å². The molecular formula is C14H31N3O3S. The third-order valence-corrected chi connectivity index (χ3v) is 4.41. The Balaban J connectivity index is 4.84. The summed E-state index contributed by atoms with van der Waals surface area (Å²) in [6.07, 6.45) is 4.35. The van der Waals surface area contributed by atoms with Crippen molar-refractivity contribution in [3.63, 3.8) is 0 Å². The molecule has 0 heterocycles. The molecule has 0 aliphatic heterocycles. The van der Waals surface area contributed by atoms with E-state index in [-0.39, 0.29) is 12.5 Å². The van der Waals surface area contributed by atoms with Crippen LogP contribution in [0.5, 0.6) is 0 Å². The SMILES string of the molecule is CCCC(CN)(CCC)C(=O)NCC(C)(C)NS(C)(=O)=O. The van der Waals surface area contributed by atoms with Gasteiger partial charge in [-0.3, -0.25) is 4.79 Å². The Hall–Kier alpha value is -0.660. The number of hydrogen-bond donors (Lipinski definition) is 3. The molecule has 0 spiro atoms. The van der Waals surface area contributed by atoms with Crippen LogP contribution in [-0.2, 0) is 14.8 Å². The zero-order valence-electron chi connectivity index (χ0n) is 14.0. The lowest BCUT2D eigenvalue weighted by Crippen LogP contribution is -2.54. The molecule has 0 bridgehead atoms. The monoisotopic (exact) mass is 321 g/mol. The smallest absolute Gasteiger partial charge is 0.227 e. The Morgan fingerprint density at radius 1 is 1.14 bits per heavy atom. The molecule has 0 radical (unpaired) electrons. The van der Waals surface area contributed by atoms with E-state index in [4.69, 9.17) is 5.73 Å². The molecule has 0 aliphatic rings. The fourth-order valence-electron chi connectivity index (χ4n) is 2.63. The summed E-state index contributed by atoms with van der Waals surface area (Å²) in [5.41, 5.74) is 4.56. The van der Waals surface area contributed by atoms with Gasteiger partial charge >= 0.3 is 0 Å². The minimum absolute atomic E-state index is 0.0860. The van der Waals surface area contributed by atoms with E-state index < -0.39 is 21.0 Å². The van der Waals surface area contributed by atoms with Gasteiger partial charge in [-0.1, -0.05) is 26.7 Å². The average Bonchev–Trinajstić information content (AvgIpc) is 2.32. The Morgan fingerprint density at radius 2 is 1.62 bits per heavy atom. The van der Waals surface area contributed by atoms with Crippen molar-refractivity contribution in [2.45, 2.75) is 58.9 Å². The van der Waals surface area contributed by atoms with Crippen molar-refractivity contribution >= 4 is 15.9 Å². The van der Waals surface area contributed by atoms with Gasteiger partial charge in [-0.25, -0.2) is 13.1 Å². The van der Waals surface area contributed by atoms with Gasteiger partial charge in [-0.05, 0) is 26.7 Å². The molecule has 21 heavy (non-hydrogen) atoms. The van der Waals surface area contributed by atoms with Crippen LogP contribution < -0.4 is 15.8 Å². The van der Waals surface area contributed by atoms with Crippen LogP contribution in [0, 0.1) is 5.41 Å². The molecule has 0 aromatic heterocycles. The van der Waals surface area contributed by atoms with Gasteiger partial charge in [0.1, 0.15) is 0 Å². The Morgan fingerprint density at radius 3 is 1.95 bits per heavy atom. The first-order valence-corrected chi connectivity index (χ1v) is 9.38. The maximum Gasteiger partial charge on any atom is 0.227 e. The van der Waals surface area contributed by atoms with Gasteiger partial charge in [0.05, 0.1) is 11.7 Å². The van der Waals surface area contributed by atoms with E-state index in [1.54, 1.807) is 13.8 Å². The molecule has 0 fully saturated rings. The topological polar surface area (TPSA) is 101 Å². The summed E-state index contributed by atoms with van der Waals surface area (Å²) in [6, 6.07) is 0. The average molecular weight is 321 g/mol. The molecular weight excluding hydrogens is 290 g/mol. The lowest BCUT2D eigenvalue weighted by atomic mass is 9.78. The van der Waals surface area contributed by atoms with Crippen LogP contribution in [-0.4, -0.2) is 39.2 Å². The third-order valence-electron chi connectivity index (χ3n) is 3.48. The first-order chi connectivity index (χ1) is 9.52. The number of rotatable bonds is 10. The van der Waals surface area contributed by atoms with Gasteiger partial charge < -0.3 is 11.1 Å². The standard InChI is InChI=1S/C14H31N3O3S/c1-6-8-14(10-15,9-7-2)12(18)16-11-13(3,4)17-21(5,19)20/h17H,6-11,15H2,1-5H3,(H,16,18). The molecule has 126 valence electrons. The van der Waals surface area contributed by atoms with Crippen molar-refractivity contribution in [1.82, 2.24) is 10.0 Å². The van der Waals surface area contributed by atoms with Crippen LogP contribution in [0.1, 0.15) is 53.4 Å². The van der Waals surface area contributed by atoms with Gasteiger partial charge in [-0.2, -0.15) is 0 Å². The van der Waals surface area contributed by atoms with E-state index >= 15 is 0 Å². The lowest BCUT2D eigenvalue weighted by Gasteiger charge is -2.33. The quantitative estimate of drug-likeness (QED) is 0.558. The molecule has 4 N–H and O–H groups in total. The minimum Gasteiger partial charge on any atom is -0.354 e. The molecule has 7 heteroatoms. The molecule has 0 aromatic carbocycles. The third kappa shape index (κ3) is 7.24. The second-order valence-electron chi connectivity index (χ2n) is 6.43. The molecule has 0 saturated carbocycles. The van der Waals surface area contributed by atoms with Crippen molar-refractivity contribution in [2.75, 3.05) is 19.3 Å². The Kier molecular flexibility index (Phi) is 7.84. The van der Waals surface area contributed by atoms with Crippen LogP contribution in [0.4, 0.5) is 0 Å². The highest BCUT2D eigenvalue weighted by atomic mass is 32.2. The number of nitrogens with one attached hydrogen (secondary N) is 2. The van der Waals surface area contributed by atoms with Gasteiger partial charge in [0.15, 0.2) is 0 Å². The maximum atomic E-state index is 12.5. The summed E-state index contributed by atoms with van der Waals surface area (Å²) >= 11 is 0. The summed E-state index contributed by atoms with van der Waals surface area (Å²) in [4.78, 5) is 12.5. The lowest BCUT2D eigenvalue weighted by molar-refractivity contribution is -0.131. The largest absolute Gasteiger partial charge is 0.354 e. The second kappa shape index (κ2) is 8.10. The van der Waals surface area contributed by atoms with E-state index in [1.807, 2.05) is 13.8 Å². The summed E-state index contributed by atoms with van der Waals surface area (Å²) < 4.78 is 25.1. The molecule has 0 aromatic rings. The van der Waals surface area contributed by atoms with E-state index in [9.17, 15) is 13.2 Å². The van der Waals surface area contributed by atoms with Gasteiger partial charge in [0, 0.05) is 18.6 Å². The summed E-state index contributed by atoms with van der Waals surface area (Å²) in [6.45, 7) is 8.07. The zero-order valence-corrected chi connectivity index (χ0v) is 14.8. The van der Waals surface area contributed by atoms with Crippen molar-refractivity contribution in [3.8, 4) is 0 Å². The summed E-state index contributed by atoms with van der Waals surface area (Å²) in [5, 5.41) is 2.86. The van der Waals surface area contributed by atoms with Gasteiger partial charge in [0.2, 0.25) is 15.9 Å². The normalized spacial score (nSPS) is 13.2. The first-order valence-electron chi connectivity index (χ1n) is 7.49. The molecule has 1 amide bonds. The van der Waals surface area contributed by atoms with E-state index in [0.29, 0.717) is 6.54 Å². The fraction of sp³-hybridized carbons (Fsp3) is 0.929. The maximum absolute atomic E-state index is 12.5. The predicted molar refractivity (Wildman–Crippen MR) is 86.4 cm³/mol. The van der Waals surface area contributed by atoms with Crippen molar-refractivity contribution < 1.29 is 13.2 Å². The highest BCUT2D eigenvalue weighted by molar-refractivity contribution is 7.88. The van der Waals surface area contributed by atoms with E-state index in [0.717, 1.165) is 31.9 Å². The molecule has 6 nitrogen and oxygen atoms in total. The predicted octanol–water partition coefficient (Wildman–Crippen LogP) is 0.976. The summed E-state index contributed by atoms with van der Waals surface area (Å²) in [5.74, 6) is -0.0860. The number of hydrogen-bond acceptors (Lipinski definition) is 4. The van der Waals surface area contributed by atoms with Crippen LogP contribution in [0.15, 0.2) is 0 Å². The molecule has 0 atom stereocenters. The zero-order chi connectivity index (χ0) is 16.7. The molecule has 0 aliphatic carbocycles. The molecule has 0 rings (SSSR count). The number of nitrogens with two attached hydrogens (primary N) is 1. The van der Waals surface area contributed by atoms with E-state index in [2.05, 4.69) is 10.0 Å². The highest BCUT2D eigenvalue weighted by Crippen LogP contribution is 2.29. The minimum atomic E-state index is -3.32. The number of amides is 1. The number of carbonyl (C=O) groups is 1. The van der Waals surface area contributed by atoms with Crippen LogP contribution >= 0.6 is 0 Å². The fourth-order valence-corrected chi connectivity index (χ4v) is 3.71. The molecule has 0 unspecified atom stereocenters. The van der Waals surface area contributed by atoms with E-state index in [1.165, 1.54) is 0 Å². The molecule has 0 saturated heterocycles. The second-order valence-corrected chi connectivity index (χ2v) is 8.17. The van der Waals surface area contributed by atoms with Crippen molar-refractivity contribution in [2.24, 2.45) is 11.1 Å². The summed E-state index contributed by atoms with van der Waals surface area (Å²) in [7, 11) is -3.32. The van der Waals surface area contributed by atoms with Crippen LogP contribution in [0.3, 0.4) is 0 Å². The van der Waals surface area contributed by atoms with Crippen LogP contribution in [0.2, 0.25) is 0 Å². The first kappa shape index (κ1) is 20.3. The van der Waals surface area contributed by atoms with Gasteiger partial charge in [0.25, 0.3) is 0 Å². The van der Waals surface area contributed by atoms with Crippen LogP contribution in [0.25, 0.3) is 0 Å². The van der Waals surface area contributed by atoms with Crippen molar-refractivity contribution in [3.05, 3.63) is 0 Å². The van der Waals surface area contributed by atoms with Crippen molar-refractivity contribution in [1.29, 1.82) is 0 Å². The number of sulfonamides is 1. The Bertz CT molecular complexity index is 427.